The largest absolute Gasteiger partial charge is 0.342 e. The first kappa shape index (κ1) is 18.3. The number of carbonyl (C=O) groups excluding carboxylic acids is 1. The first-order chi connectivity index (χ1) is 13.7. The molecule has 4 rings (SSSR count). The number of benzene rings is 1. The van der Waals surface area contributed by atoms with E-state index in [1.165, 1.54) is 12.1 Å². The van der Waals surface area contributed by atoms with Gasteiger partial charge in [0, 0.05) is 37.6 Å². The maximum atomic E-state index is 13.1. The van der Waals surface area contributed by atoms with Crippen molar-refractivity contribution in [2.75, 3.05) is 13.1 Å². The minimum Gasteiger partial charge on any atom is -0.342 e. The molecule has 1 aliphatic heterocycles. The SMILES string of the molecule is O=C(Cc1ccc(F)cc1)N1CCC[C@H](c2nccn2Cc2ccccn2)C1. The Kier molecular flexibility index (Phi) is 5.46. The lowest BCUT2D eigenvalue weighted by atomic mass is 9.96. The van der Waals surface area contributed by atoms with Crippen LogP contribution in [0.2, 0.25) is 0 Å². The Bertz CT molecular complexity index is 923. The molecule has 1 fully saturated rings. The lowest BCUT2D eigenvalue weighted by molar-refractivity contribution is -0.131. The highest BCUT2D eigenvalue weighted by Crippen LogP contribution is 2.26. The van der Waals surface area contributed by atoms with E-state index in [0.29, 0.717) is 19.5 Å². The van der Waals surface area contributed by atoms with Crippen LogP contribution in [0.3, 0.4) is 0 Å². The molecule has 28 heavy (non-hydrogen) atoms. The van der Waals surface area contributed by atoms with Gasteiger partial charge in [-0.1, -0.05) is 18.2 Å². The summed E-state index contributed by atoms with van der Waals surface area (Å²) in [4.78, 5) is 23.6. The molecule has 1 saturated heterocycles. The summed E-state index contributed by atoms with van der Waals surface area (Å²) in [5.74, 6) is 1.02. The molecule has 0 N–H and O–H groups in total. The van der Waals surface area contributed by atoms with Gasteiger partial charge in [0.05, 0.1) is 18.7 Å². The van der Waals surface area contributed by atoms with Gasteiger partial charge < -0.3 is 9.47 Å². The molecule has 0 radical (unpaired) electrons. The summed E-state index contributed by atoms with van der Waals surface area (Å²) in [6.07, 6.45) is 7.86. The van der Waals surface area contributed by atoms with Crippen LogP contribution in [0.5, 0.6) is 0 Å². The number of hydrogen-bond donors (Lipinski definition) is 0. The molecule has 3 heterocycles. The van der Waals surface area contributed by atoms with Crippen molar-refractivity contribution >= 4 is 5.91 Å². The highest BCUT2D eigenvalue weighted by atomic mass is 19.1. The Morgan fingerprint density at radius 1 is 1.11 bits per heavy atom. The number of pyridine rings is 1. The molecule has 3 aromatic rings. The third-order valence-electron chi connectivity index (χ3n) is 5.21. The second kappa shape index (κ2) is 8.33. The molecular formula is C22H23FN4O. The summed E-state index contributed by atoms with van der Waals surface area (Å²) in [5.41, 5.74) is 1.83. The third kappa shape index (κ3) is 4.27. The van der Waals surface area contributed by atoms with Gasteiger partial charge in [0.1, 0.15) is 11.6 Å². The minimum absolute atomic E-state index is 0.0825. The molecule has 1 atom stereocenters. The van der Waals surface area contributed by atoms with Crippen LogP contribution in [0.1, 0.15) is 35.8 Å². The second-order valence-corrected chi connectivity index (χ2v) is 7.22. The Labute approximate surface area is 163 Å². The Morgan fingerprint density at radius 2 is 1.96 bits per heavy atom. The molecular weight excluding hydrogens is 355 g/mol. The van der Waals surface area contributed by atoms with Gasteiger partial charge in [0.2, 0.25) is 5.91 Å². The topological polar surface area (TPSA) is 51.0 Å². The number of piperidine rings is 1. The number of carbonyl (C=O) groups is 1. The van der Waals surface area contributed by atoms with Crippen LogP contribution in [0, 0.1) is 5.82 Å². The lowest BCUT2D eigenvalue weighted by Gasteiger charge is -2.33. The van der Waals surface area contributed by atoms with Gasteiger partial charge in [0.25, 0.3) is 0 Å². The van der Waals surface area contributed by atoms with Gasteiger partial charge in [-0.25, -0.2) is 9.37 Å². The summed E-state index contributed by atoms with van der Waals surface area (Å²) in [6, 6.07) is 12.0. The summed E-state index contributed by atoms with van der Waals surface area (Å²) >= 11 is 0. The molecule has 0 bridgehead atoms. The second-order valence-electron chi connectivity index (χ2n) is 7.22. The molecule has 144 valence electrons. The Morgan fingerprint density at radius 3 is 2.75 bits per heavy atom. The Hall–Kier alpha value is -3.02. The quantitative estimate of drug-likeness (QED) is 0.684. The van der Waals surface area contributed by atoms with Crippen LogP contribution >= 0.6 is 0 Å². The summed E-state index contributed by atoms with van der Waals surface area (Å²) in [7, 11) is 0. The predicted molar refractivity (Wildman–Crippen MR) is 104 cm³/mol. The van der Waals surface area contributed by atoms with Crippen molar-refractivity contribution in [2.24, 2.45) is 0 Å². The van der Waals surface area contributed by atoms with Gasteiger partial charge in [-0.15, -0.1) is 0 Å². The number of halogens is 1. The van der Waals surface area contributed by atoms with E-state index in [0.717, 1.165) is 36.5 Å². The van der Waals surface area contributed by atoms with Crippen LogP contribution in [-0.4, -0.2) is 38.4 Å². The van der Waals surface area contributed by atoms with Crippen LogP contribution in [0.15, 0.2) is 61.1 Å². The highest BCUT2D eigenvalue weighted by molar-refractivity contribution is 5.79. The lowest BCUT2D eigenvalue weighted by Crippen LogP contribution is -2.40. The van der Waals surface area contributed by atoms with Crippen molar-refractivity contribution in [1.82, 2.24) is 19.4 Å². The van der Waals surface area contributed by atoms with E-state index in [4.69, 9.17) is 0 Å². The number of imidazole rings is 1. The number of hydrogen-bond acceptors (Lipinski definition) is 3. The zero-order valence-electron chi connectivity index (χ0n) is 15.7. The molecule has 1 amide bonds. The van der Waals surface area contributed by atoms with E-state index in [-0.39, 0.29) is 17.6 Å². The van der Waals surface area contributed by atoms with Crippen molar-refractivity contribution in [2.45, 2.75) is 31.7 Å². The third-order valence-corrected chi connectivity index (χ3v) is 5.21. The van der Waals surface area contributed by atoms with Crippen molar-refractivity contribution in [3.63, 3.8) is 0 Å². The number of likely N-dealkylation sites (tertiary alicyclic amines) is 1. The average molecular weight is 378 g/mol. The highest BCUT2D eigenvalue weighted by Gasteiger charge is 2.27. The smallest absolute Gasteiger partial charge is 0.227 e. The van der Waals surface area contributed by atoms with E-state index in [9.17, 15) is 9.18 Å². The van der Waals surface area contributed by atoms with E-state index in [1.54, 1.807) is 18.3 Å². The van der Waals surface area contributed by atoms with Gasteiger partial charge in [-0.2, -0.15) is 0 Å². The molecule has 0 spiro atoms. The summed E-state index contributed by atoms with van der Waals surface area (Å²) in [6.45, 7) is 2.10. The monoisotopic (exact) mass is 378 g/mol. The molecule has 1 aliphatic rings. The zero-order valence-corrected chi connectivity index (χ0v) is 15.7. The van der Waals surface area contributed by atoms with Crippen LogP contribution in [0.25, 0.3) is 0 Å². The normalized spacial score (nSPS) is 16.9. The van der Waals surface area contributed by atoms with Crippen LogP contribution < -0.4 is 0 Å². The molecule has 5 nitrogen and oxygen atoms in total. The number of amides is 1. The number of nitrogens with zero attached hydrogens (tertiary/aromatic N) is 4. The van der Waals surface area contributed by atoms with Crippen molar-refractivity contribution < 1.29 is 9.18 Å². The van der Waals surface area contributed by atoms with Crippen molar-refractivity contribution in [3.8, 4) is 0 Å². The summed E-state index contributed by atoms with van der Waals surface area (Å²) in [5, 5.41) is 0. The van der Waals surface area contributed by atoms with Crippen molar-refractivity contribution in [1.29, 1.82) is 0 Å². The number of rotatable bonds is 5. The predicted octanol–water partition coefficient (Wildman–Crippen LogP) is 3.41. The summed E-state index contributed by atoms with van der Waals surface area (Å²) < 4.78 is 15.2. The fraction of sp³-hybridized carbons (Fsp3) is 0.318. The first-order valence-corrected chi connectivity index (χ1v) is 9.62. The van der Waals surface area contributed by atoms with Gasteiger partial charge in [-0.05, 0) is 42.7 Å². The van der Waals surface area contributed by atoms with Crippen LogP contribution in [0.4, 0.5) is 4.39 Å². The zero-order chi connectivity index (χ0) is 19.3. The van der Waals surface area contributed by atoms with E-state index < -0.39 is 0 Å². The molecule has 2 aromatic heterocycles. The van der Waals surface area contributed by atoms with Gasteiger partial charge in [0.15, 0.2) is 0 Å². The minimum atomic E-state index is -0.283. The van der Waals surface area contributed by atoms with Crippen LogP contribution in [-0.2, 0) is 17.8 Å². The standard InChI is InChI=1S/C22H23FN4O/c23-19-8-6-17(7-9-19)14-21(28)26-12-3-4-18(15-26)22-25-11-13-27(22)16-20-5-1-2-10-24-20/h1-2,5-11,13,18H,3-4,12,14-16H2/t18-/m0/s1. The number of aromatic nitrogens is 3. The molecule has 6 heteroatoms. The Balaban J connectivity index is 1.43. The van der Waals surface area contributed by atoms with E-state index in [1.807, 2.05) is 35.5 Å². The maximum Gasteiger partial charge on any atom is 0.227 e. The molecule has 0 unspecified atom stereocenters. The fourth-order valence-corrected chi connectivity index (χ4v) is 3.78. The van der Waals surface area contributed by atoms with E-state index >= 15 is 0 Å². The van der Waals surface area contributed by atoms with Gasteiger partial charge >= 0.3 is 0 Å². The molecule has 1 aromatic carbocycles. The fourth-order valence-electron chi connectivity index (χ4n) is 3.78. The first-order valence-electron chi connectivity index (χ1n) is 9.62. The average Bonchev–Trinajstić information content (AvgIpc) is 3.19. The van der Waals surface area contributed by atoms with Crippen molar-refractivity contribution in [3.05, 3.63) is 84.0 Å². The van der Waals surface area contributed by atoms with E-state index in [2.05, 4.69) is 14.5 Å². The van der Waals surface area contributed by atoms with Gasteiger partial charge in [-0.3, -0.25) is 9.78 Å². The maximum absolute atomic E-state index is 13.1. The molecule has 0 saturated carbocycles. The molecule has 0 aliphatic carbocycles.